The highest BCUT2D eigenvalue weighted by Gasteiger charge is 2.37. The molecule has 0 spiro atoms. The number of benzene rings is 1. The van der Waals surface area contributed by atoms with Crippen molar-refractivity contribution in [1.82, 2.24) is 4.90 Å². The van der Waals surface area contributed by atoms with E-state index < -0.39 is 0 Å². The van der Waals surface area contributed by atoms with E-state index >= 15 is 0 Å². The van der Waals surface area contributed by atoms with E-state index in [9.17, 15) is 10.1 Å². The molecular weight excluding hydrogens is 376 g/mol. The van der Waals surface area contributed by atoms with Gasteiger partial charge in [-0.25, -0.2) is 0 Å². The number of carbonyl (C=O) groups excluding carboxylic acids is 1. The van der Waals surface area contributed by atoms with Gasteiger partial charge in [-0.2, -0.15) is 5.26 Å². The van der Waals surface area contributed by atoms with Crippen molar-refractivity contribution in [2.45, 2.75) is 38.1 Å². The maximum Gasteiger partial charge on any atom is 0.266 e. The fourth-order valence-corrected chi connectivity index (χ4v) is 5.01. The molecule has 1 aliphatic heterocycles. The molecule has 2 heterocycles. The Bertz CT molecular complexity index is 965. The standard InChI is InChI=1S/C21H18N2O2S2/c22-13-14-6-4-5-9-17(14)18-11-10-16(25-18)12-19-20(24)23(21(26)27-19)15-7-2-1-3-8-15/h4-6,9-12,15H,1-3,7-8H2/b19-12-. The Kier molecular flexibility index (Phi) is 5.15. The number of thiocarbonyl (C=S) groups is 1. The average Bonchev–Trinajstić information content (AvgIpc) is 3.27. The Morgan fingerprint density at radius 1 is 1.19 bits per heavy atom. The van der Waals surface area contributed by atoms with Gasteiger partial charge >= 0.3 is 0 Å². The molecule has 0 unspecified atom stereocenters. The van der Waals surface area contributed by atoms with Crippen LogP contribution >= 0.6 is 24.0 Å². The van der Waals surface area contributed by atoms with Crippen molar-refractivity contribution >= 4 is 40.3 Å². The van der Waals surface area contributed by atoms with Crippen LogP contribution in [0.4, 0.5) is 0 Å². The number of hydrogen-bond acceptors (Lipinski definition) is 5. The molecule has 1 amide bonds. The van der Waals surface area contributed by atoms with Crippen LogP contribution in [0.15, 0.2) is 45.7 Å². The van der Waals surface area contributed by atoms with Crippen LogP contribution in [0.25, 0.3) is 17.4 Å². The van der Waals surface area contributed by atoms with Crippen LogP contribution in [0.1, 0.15) is 43.4 Å². The topological polar surface area (TPSA) is 57.2 Å². The van der Waals surface area contributed by atoms with E-state index in [0.29, 0.717) is 26.3 Å². The van der Waals surface area contributed by atoms with Crippen molar-refractivity contribution in [3.63, 3.8) is 0 Å². The van der Waals surface area contributed by atoms with Crippen LogP contribution in [0.5, 0.6) is 0 Å². The summed E-state index contributed by atoms with van der Waals surface area (Å²) < 4.78 is 6.52. The second-order valence-electron chi connectivity index (χ2n) is 6.70. The lowest BCUT2D eigenvalue weighted by Crippen LogP contribution is -2.39. The minimum Gasteiger partial charge on any atom is -0.457 e. The summed E-state index contributed by atoms with van der Waals surface area (Å²) in [6, 6.07) is 13.3. The lowest BCUT2D eigenvalue weighted by atomic mass is 9.94. The highest BCUT2D eigenvalue weighted by atomic mass is 32.2. The second kappa shape index (κ2) is 7.71. The van der Waals surface area contributed by atoms with E-state index in [1.165, 1.54) is 18.2 Å². The van der Waals surface area contributed by atoms with E-state index in [2.05, 4.69) is 6.07 Å². The zero-order valence-electron chi connectivity index (χ0n) is 14.7. The Morgan fingerprint density at radius 2 is 1.96 bits per heavy atom. The van der Waals surface area contributed by atoms with Gasteiger partial charge in [0.05, 0.1) is 16.5 Å². The lowest BCUT2D eigenvalue weighted by molar-refractivity contribution is -0.124. The number of nitrogens with zero attached hydrogens (tertiary/aromatic N) is 2. The third kappa shape index (κ3) is 3.58. The summed E-state index contributed by atoms with van der Waals surface area (Å²) in [6.07, 6.45) is 7.34. The van der Waals surface area contributed by atoms with Crippen LogP contribution in [0, 0.1) is 11.3 Å². The summed E-state index contributed by atoms with van der Waals surface area (Å²) >= 11 is 6.81. The van der Waals surface area contributed by atoms with E-state index in [1.807, 2.05) is 30.3 Å². The Balaban J connectivity index is 1.58. The maximum atomic E-state index is 12.9. The molecule has 2 fully saturated rings. The number of nitriles is 1. The quantitative estimate of drug-likeness (QED) is 0.519. The number of carbonyl (C=O) groups is 1. The normalized spacial score (nSPS) is 19.7. The number of hydrogen-bond donors (Lipinski definition) is 0. The van der Waals surface area contributed by atoms with Gasteiger partial charge < -0.3 is 4.42 Å². The summed E-state index contributed by atoms with van der Waals surface area (Å²) in [4.78, 5) is 15.3. The van der Waals surface area contributed by atoms with Crippen LogP contribution in [-0.4, -0.2) is 21.2 Å². The second-order valence-corrected chi connectivity index (χ2v) is 8.38. The van der Waals surface area contributed by atoms with Crippen molar-refractivity contribution in [2.24, 2.45) is 0 Å². The molecule has 4 nitrogen and oxygen atoms in total. The molecule has 1 aliphatic carbocycles. The molecule has 136 valence electrons. The first-order valence-corrected chi connectivity index (χ1v) is 10.3. The van der Waals surface area contributed by atoms with E-state index in [-0.39, 0.29) is 11.9 Å². The first kappa shape index (κ1) is 18.0. The van der Waals surface area contributed by atoms with E-state index in [4.69, 9.17) is 16.6 Å². The first-order valence-electron chi connectivity index (χ1n) is 9.04. The van der Waals surface area contributed by atoms with Gasteiger partial charge in [0.25, 0.3) is 5.91 Å². The fraction of sp³-hybridized carbons (Fsp3) is 0.286. The van der Waals surface area contributed by atoms with Crippen molar-refractivity contribution in [2.75, 3.05) is 0 Å². The third-order valence-electron chi connectivity index (χ3n) is 4.98. The van der Waals surface area contributed by atoms with Crippen molar-refractivity contribution in [1.29, 1.82) is 5.26 Å². The minimum absolute atomic E-state index is 0.0210. The van der Waals surface area contributed by atoms with Crippen molar-refractivity contribution in [3.8, 4) is 17.4 Å². The summed E-state index contributed by atoms with van der Waals surface area (Å²) in [5.74, 6) is 1.18. The van der Waals surface area contributed by atoms with Gasteiger partial charge in [-0.05, 0) is 37.1 Å². The molecule has 2 aliphatic rings. The SMILES string of the molecule is N#Cc1ccccc1-c1ccc(/C=C2\SC(=S)N(C3CCCCC3)C2=O)o1. The minimum atomic E-state index is -0.0210. The lowest BCUT2D eigenvalue weighted by Gasteiger charge is -2.29. The molecule has 4 rings (SSSR count). The first-order chi connectivity index (χ1) is 13.2. The monoisotopic (exact) mass is 394 g/mol. The molecule has 1 aromatic heterocycles. The van der Waals surface area contributed by atoms with Gasteiger partial charge in [0.15, 0.2) is 0 Å². The zero-order valence-corrected chi connectivity index (χ0v) is 16.3. The molecule has 0 bridgehead atoms. The smallest absolute Gasteiger partial charge is 0.266 e. The molecule has 6 heteroatoms. The van der Waals surface area contributed by atoms with Crippen molar-refractivity contribution < 1.29 is 9.21 Å². The van der Waals surface area contributed by atoms with Crippen LogP contribution in [-0.2, 0) is 4.79 Å². The van der Waals surface area contributed by atoms with Crippen molar-refractivity contribution in [3.05, 3.63) is 52.6 Å². The Morgan fingerprint density at radius 3 is 2.74 bits per heavy atom. The molecule has 1 saturated heterocycles. The molecule has 1 saturated carbocycles. The fourth-order valence-electron chi connectivity index (χ4n) is 3.63. The molecule has 0 radical (unpaired) electrons. The molecule has 2 aromatic rings. The molecule has 0 atom stereocenters. The van der Waals surface area contributed by atoms with Crippen LogP contribution < -0.4 is 0 Å². The van der Waals surface area contributed by atoms with E-state index in [1.54, 1.807) is 17.0 Å². The van der Waals surface area contributed by atoms with Crippen LogP contribution in [0.3, 0.4) is 0 Å². The Labute approximate surface area is 167 Å². The van der Waals surface area contributed by atoms with Gasteiger partial charge in [-0.1, -0.05) is 55.4 Å². The number of amides is 1. The molecule has 27 heavy (non-hydrogen) atoms. The highest BCUT2D eigenvalue weighted by molar-refractivity contribution is 8.26. The number of thioether (sulfide) groups is 1. The average molecular weight is 395 g/mol. The van der Waals surface area contributed by atoms with Gasteiger partial charge in [-0.15, -0.1) is 0 Å². The molecule has 0 N–H and O–H groups in total. The van der Waals surface area contributed by atoms with Gasteiger partial charge in [0, 0.05) is 17.7 Å². The Hall–Kier alpha value is -2.36. The maximum absolute atomic E-state index is 12.9. The van der Waals surface area contributed by atoms with Gasteiger partial charge in [0.2, 0.25) is 0 Å². The molecular formula is C21H18N2O2S2. The summed E-state index contributed by atoms with van der Waals surface area (Å²) in [5.41, 5.74) is 1.30. The summed E-state index contributed by atoms with van der Waals surface area (Å²) in [6.45, 7) is 0. The zero-order chi connectivity index (χ0) is 18.8. The predicted octanol–water partition coefficient (Wildman–Crippen LogP) is 5.35. The van der Waals surface area contributed by atoms with Crippen LogP contribution in [0.2, 0.25) is 0 Å². The largest absolute Gasteiger partial charge is 0.457 e. The summed E-state index contributed by atoms with van der Waals surface area (Å²) in [5, 5.41) is 9.26. The number of furan rings is 1. The third-order valence-corrected chi connectivity index (χ3v) is 6.31. The van der Waals surface area contributed by atoms with Gasteiger partial charge in [0.1, 0.15) is 15.8 Å². The van der Waals surface area contributed by atoms with Gasteiger partial charge in [-0.3, -0.25) is 9.69 Å². The number of rotatable bonds is 3. The summed E-state index contributed by atoms with van der Waals surface area (Å²) in [7, 11) is 0. The highest BCUT2D eigenvalue weighted by Crippen LogP contribution is 2.38. The molecule has 1 aromatic carbocycles. The van der Waals surface area contributed by atoms with E-state index in [0.717, 1.165) is 31.2 Å². The predicted molar refractivity (Wildman–Crippen MR) is 111 cm³/mol.